The quantitative estimate of drug-likeness (QED) is 0.235. The number of hydrogen-bond acceptors (Lipinski definition) is 0. The monoisotopic (exact) mass is 588 g/mol. The molecule has 0 N–H and O–H groups in total. The Morgan fingerprint density at radius 2 is 1.41 bits per heavy atom. The van der Waals surface area contributed by atoms with E-state index < -0.39 is 8.07 Å². The Balaban J connectivity index is 0.000000721. The van der Waals surface area contributed by atoms with Gasteiger partial charge in [-0.05, 0) is 28.4 Å². The van der Waals surface area contributed by atoms with Crippen molar-refractivity contribution in [3.05, 3.63) is 82.4 Å². The summed E-state index contributed by atoms with van der Waals surface area (Å²) in [4.78, 5) is 0. The molecule has 0 heterocycles. The molecule has 1 aliphatic carbocycles. The first kappa shape index (κ1) is 33.5. The van der Waals surface area contributed by atoms with Crippen molar-refractivity contribution in [2.45, 2.75) is 85.4 Å². The fraction of sp³-hybridized carbons (Fsp3) is 0.433. The van der Waals surface area contributed by atoms with Gasteiger partial charge < -0.3 is 24.8 Å². The molecule has 0 atom stereocenters. The van der Waals surface area contributed by atoms with E-state index in [1.54, 1.807) is 5.19 Å². The molecule has 0 radical (unpaired) electrons. The Kier molecular flexibility index (Phi) is 11.9. The molecule has 0 fully saturated rings. The molecule has 182 valence electrons. The van der Waals surface area contributed by atoms with Crippen molar-refractivity contribution in [1.82, 2.24) is 0 Å². The van der Waals surface area contributed by atoms with Gasteiger partial charge in [0.1, 0.15) is 0 Å². The fourth-order valence-corrected chi connectivity index (χ4v) is 5.30. The van der Waals surface area contributed by atoms with Crippen LogP contribution in [-0.2, 0) is 43.5 Å². The predicted octanol–water partition coefficient (Wildman–Crippen LogP) is 1.92. The van der Waals surface area contributed by atoms with Gasteiger partial charge in [0.15, 0.2) is 0 Å². The van der Waals surface area contributed by atoms with Gasteiger partial charge in [0.2, 0.25) is 0 Å². The van der Waals surface area contributed by atoms with Gasteiger partial charge in [0.05, 0.1) is 0 Å². The summed E-state index contributed by atoms with van der Waals surface area (Å²) < 4.78 is 0. The van der Waals surface area contributed by atoms with Gasteiger partial charge in [0, 0.05) is 8.07 Å². The number of halogens is 2. The fourth-order valence-electron chi connectivity index (χ4n) is 4.06. The first-order chi connectivity index (χ1) is 14.2. The van der Waals surface area contributed by atoms with E-state index in [4.69, 9.17) is 0 Å². The minimum Gasteiger partial charge on any atom is -1.00 e. The predicted molar refractivity (Wildman–Crippen MR) is 141 cm³/mol. The van der Waals surface area contributed by atoms with Gasteiger partial charge in [-0.25, -0.2) is 11.3 Å². The Morgan fingerprint density at radius 3 is 1.85 bits per heavy atom. The van der Waals surface area contributed by atoms with Crippen LogP contribution < -0.4 is 30.0 Å². The summed E-state index contributed by atoms with van der Waals surface area (Å²) in [6, 6.07) is 21.9. The zero-order valence-corrected chi connectivity index (χ0v) is 27.6. The van der Waals surface area contributed by atoms with Crippen LogP contribution in [0, 0.1) is 13.0 Å². The number of aryl methyl sites for hydroxylation is 1. The van der Waals surface area contributed by atoms with E-state index in [-0.39, 0.29) is 61.8 Å². The van der Waals surface area contributed by atoms with Crippen LogP contribution in [0.5, 0.6) is 0 Å². The minimum absolute atomic E-state index is 0. The van der Waals surface area contributed by atoms with Crippen LogP contribution in [0.15, 0.2) is 48.5 Å². The maximum absolute atomic E-state index is 3.67. The third-order valence-electron chi connectivity index (χ3n) is 6.24. The van der Waals surface area contributed by atoms with E-state index >= 15 is 0 Å². The average molecular weight is 591 g/mol. The summed E-state index contributed by atoms with van der Waals surface area (Å²) >= 11 is 0. The van der Waals surface area contributed by atoms with Crippen LogP contribution in [0.4, 0.5) is 0 Å². The summed E-state index contributed by atoms with van der Waals surface area (Å²) in [5.41, 5.74) is 10.1. The van der Waals surface area contributed by atoms with Crippen molar-refractivity contribution < 1.29 is 51.0 Å². The molecule has 1 aliphatic rings. The maximum Gasteiger partial charge on any atom is 4.00 e. The van der Waals surface area contributed by atoms with Gasteiger partial charge in [-0.1, -0.05) is 91.9 Å². The number of hydrogen-bond donors (Lipinski definition) is 0. The second-order valence-electron chi connectivity index (χ2n) is 12.2. The number of fused-ring (bicyclic) bond motifs is 3. The van der Waals surface area contributed by atoms with Crippen LogP contribution in [0.25, 0.3) is 11.1 Å². The van der Waals surface area contributed by atoms with Crippen LogP contribution in [-0.4, -0.2) is 8.07 Å². The summed E-state index contributed by atoms with van der Waals surface area (Å²) in [5.74, 6) is 0. The molecule has 34 heavy (non-hydrogen) atoms. The largest absolute Gasteiger partial charge is 4.00 e. The normalized spacial score (nSPS) is 12.2. The molecule has 0 amide bonds. The molecular weight excluding hydrogens is 551 g/mol. The molecule has 4 rings (SSSR count). The molecule has 4 heteroatoms. The first-order valence-corrected chi connectivity index (χ1v) is 15.1. The van der Waals surface area contributed by atoms with Crippen LogP contribution >= 0.6 is 0 Å². The molecule has 0 aliphatic heterocycles. The maximum atomic E-state index is 3.67. The zero-order valence-electron chi connectivity index (χ0n) is 22.6. The van der Waals surface area contributed by atoms with Gasteiger partial charge in [-0.3, -0.25) is 0 Å². The minimum atomic E-state index is -1.01. The molecule has 0 spiro atoms. The molecular formula is C30H40Cl2SiZr. The Hall–Kier alpha value is -0.530. The molecule has 3 aromatic carbocycles. The van der Waals surface area contributed by atoms with E-state index in [0.717, 1.165) is 6.42 Å². The van der Waals surface area contributed by atoms with Crippen LogP contribution in [0.3, 0.4) is 0 Å². The third-order valence-corrected chi connectivity index (χ3v) is 8.28. The molecule has 3 aromatic rings. The van der Waals surface area contributed by atoms with Crippen molar-refractivity contribution in [1.29, 1.82) is 0 Å². The molecule has 0 saturated heterocycles. The standard InChI is InChI=1S/C21H25.C9H15Si.2ClH.Zr/c1-20(2,3)16-7-9-18-14(12-16)11-15-13-17(21(4,5)6)8-10-19(15)18;1-8-5-6-9(7-8)10(2,3)4;;;/h7-10,12H,11H2,1-6H3;5-7H,1-4H3;2*1H;/q2*-1;;;+4/p-2. The van der Waals surface area contributed by atoms with Crippen molar-refractivity contribution in [2.24, 2.45) is 0 Å². The van der Waals surface area contributed by atoms with Gasteiger partial charge in [0.25, 0.3) is 0 Å². The van der Waals surface area contributed by atoms with Crippen LogP contribution in [0.1, 0.15) is 69.4 Å². The Morgan fingerprint density at radius 1 is 0.824 bits per heavy atom. The number of benzene rings is 2. The topological polar surface area (TPSA) is 0 Å². The Labute approximate surface area is 241 Å². The Bertz CT molecular complexity index is 1010. The van der Waals surface area contributed by atoms with Gasteiger partial charge in [-0.2, -0.15) is 41.5 Å². The van der Waals surface area contributed by atoms with Crippen molar-refractivity contribution in [3.8, 4) is 11.1 Å². The summed E-state index contributed by atoms with van der Waals surface area (Å²) in [5, 5.41) is 1.57. The van der Waals surface area contributed by atoms with Crippen LogP contribution in [0.2, 0.25) is 19.6 Å². The molecule has 0 bridgehead atoms. The second kappa shape index (κ2) is 12.1. The first-order valence-electron chi connectivity index (χ1n) is 11.6. The molecule has 0 saturated carbocycles. The number of rotatable bonds is 1. The van der Waals surface area contributed by atoms with Gasteiger partial charge >= 0.3 is 26.2 Å². The van der Waals surface area contributed by atoms with Crippen molar-refractivity contribution in [2.75, 3.05) is 0 Å². The molecule has 0 unspecified atom stereocenters. The SMILES string of the molecule is CC(C)(C)c1[c-]c2c(cc1)-c1ccc(C(C)(C)C)cc1C2.Cc1cc([Si](C)(C)C)c[cH-]1.[Cl-].[Cl-].[Zr+4]. The summed E-state index contributed by atoms with van der Waals surface area (Å²) in [6.07, 6.45) is 1.03. The third kappa shape index (κ3) is 7.99. The molecule has 0 nitrogen and oxygen atoms in total. The van der Waals surface area contributed by atoms with Crippen molar-refractivity contribution in [3.63, 3.8) is 0 Å². The van der Waals surface area contributed by atoms with E-state index in [1.165, 1.54) is 38.9 Å². The van der Waals surface area contributed by atoms with Gasteiger partial charge in [-0.15, -0.1) is 11.1 Å². The smallest absolute Gasteiger partial charge is 1.00 e. The van der Waals surface area contributed by atoms with E-state index in [1.807, 2.05) is 0 Å². The van der Waals surface area contributed by atoms with E-state index in [9.17, 15) is 0 Å². The van der Waals surface area contributed by atoms with E-state index in [0.29, 0.717) is 0 Å². The summed E-state index contributed by atoms with van der Waals surface area (Å²) in [6.45, 7) is 22.9. The molecule has 0 aromatic heterocycles. The van der Waals surface area contributed by atoms with Crippen molar-refractivity contribution >= 4 is 13.3 Å². The zero-order chi connectivity index (χ0) is 23.2. The average Bonchev–Trinajstić information content (AvgIpc) is 3.22. The van der Waals surface area contributed by atoms with E-state index in [2.05, 4.69) is 123 Å². The summed E-state index contributed by atoms with van der Waals surface area (Å²) in [7, 11) is -1.01. The second-order valence-corrected chi connectivity index (χ2v) is 17.3.